The third-order valence-electron chi connectivity index (χ3n) is 5.54. The van der Waals surface area contributed by atoms with Gasteiger partial charge >= 0.3 is 0 Å². The van der Waals surface area contributed by atoms with Crippen LogP contribution in [0.3, 0.4) is 0 Å². The maximum atomic E-state index is 11.8. The first-order chi connectivity index (χ1) is 12.2. The molecule has 0 bridgehead atoms. The van der Waals surface area contributed by atoms with E-state index < -0.39 is 0 Å². The van der Waals surface area contributed by atoms with Crippen molar-refractivity contribution >= 4 is 17.8 Å². The van der Waals surface area contributed by atoms with Gasteiger partial charge in [-0.3, -0.25) is 4.98 Å². The van der Waals surface area contributed by atoms with E-state index in [1.807, 2.05) is 30.3 Å². The number of anilines is 2. The Balaban J connectivity index is 1.84. The molecule has 6 nitrogen and oxygen atoms in total. The van der Waals surface area contributed by atoms with Gasteiger partial charge in [0.05, 0.1) is 17.9 Å². The van der Waals surface area contributed by atoms with Gasteiger partial charge in [0.25, 0.3) is 0 Å². The average Bonchev–Trinajstić information content (AvgIpc) is 2.62. The lowest BCUT2D eigenvalue weighted by molar-refractivity contribution is -0.109. The summed E-state index contributed by atoms with van der Waals surface area (Å²) in [5.74, 6) is 1.66. The summed E-state index contributed by atoms with van der Waals surface area (Å²) in [6, 6.07) is 4.31. The molecule has 1 saturated carbocycles. The van der Waals surface area contributed by atoms with Crippen LogP contribution in [0.25, 0.3) is 11.4 Å². The Morgan fingerprint density at radius 3 is 2.64 bits per heavy atom. The molecule has 2 atom stereocenters. The molecule has 1 aliphatic carbocycles. The predicted octanol–water partition coefficient (Wildman–Crippen LogP) is 2.69. The van der Waals surface area contributed by atoms with Gasteiger partial charge in [-0.15, -0.1) is 0 Å². The maximum Gasteiger partial charge on any atom is 0.161 e. The summed E-state index contributed by atoms with van der Waals surface area (Å²) in [5, 5.41) is 0. The van der Waals surface area contributed by atoms with E-state index in [-0.39, 0.29) is 12.1 Å². The first-order valence-corrected chi connectivity index (χ1v) is 8.98. The average molecular weight is 337 g/mol. The number of pyridine rings is 1. The molecular formula is C19H23N5O. The van der Waals surface area contributed by atoms with Crippen molar-refractivity contribution in [3.63, 3.8) is 0 Å². The quantitative estimate of drug-likeness (QED) is 0.800. The van der Waals surface area contributed by atoms with Crippen LogP contribution in [0.2, 0.25) is 0 Å². The highest BCUT2D eigenvalue weighted by Gasteiger charge is 2.42. The van der Waals surface area contributed by atoms with Crippen LogP contribution in [0.1, 0.15) is 32.6 Å². The highest BCUT2D eigenvalue weighted by Crippen LogP contribution is 2.42. The molecule has 1 aliphatic heterocycles. The van der Waals surface area contributed by atoms with Crippen molar-refractivity contribution in [2.24, 2.45) is 0 Å². The molecule has 0 radical (unpaired) electrons. The highest BCUT2D eigenvalue weighted by molar-refractivity contribution is 5.79. The Hall–Kier alpha value is -2.50. The fourth-order valence-corrected chi connectivity index (χ4v) is 3.91. The Morgan fingerprint density at radius 1 is 1.28 bits per heavy atom. The lowest BCUT2D eigenvalue weighted by Gasteiger charge is -2.51. The van der Waals surface area contributed by atoms with Gasteiger partial charge in [0.1, 0.15) is 12.3 Å². The van der Waals surface area contributed by atoms with Crippen LogP contribution in [0.4, 0.5) is 11.5 Å². The van der Waals surface area contributed by atoms with Crippen LogP contribution in [0, 0.1) is 0 Å². The molecule has 0 saturated heterocycles. The van der Waals surface area contributed by atoms with E-state index >= 15 is 0 Å². The fraction of sp³-hybridized carbons (Fsp3) is 0.474. The normalized spacial score (nSPS) is 23.1. The number of hydrogen-bond donors (Lipinski definition) is 0. The summed E-state index contributed by atoms with van der Waals surface area (Å²) in [6.07, 6.45) is 10.9. The van der Waals surface area contributed by atoms with E-state index in [0.29, 0.717) is 11.9 Å². The molecule has 4 rings (SSSR count). The van der Waals surface area contributed by atoms with E-state index in [9.17, 15) is 4.79 Å². The number of aromatic nitrogens is 3. The van der Waals surface area contributed by atoms with E-state index in [0.717, 1.165) is 29.8 Å². The molecule has 0 spiro atoms. The van der Waals surface area contributed by atoms with Crippen molar-refractivity contribution in [1.82, 2.24) is 15.0 Å². The van der Waals surface area contributed by atoms with Crippen LogP contribution in [-0.4, -0.2) is 46.4 Å². The number of aldehydes is 1. The van der Waals surface area contributed by atoms with E-state index in [4.69, 9.17) is 4.98 Å². The van der Waals surface area contributed by atoms with Gasteiger partial charge in [0.15, 0.2) is 11.6 Å². The standard InChI is InChI=1S/C19H23N5O/c1-3-15-17(12-25)23(2)16-11-21-18(13-7-9-20-10-8-13)22-19(16)24(15)14-5-4-6-14/h7-12,14-15,17H,3-6H2,1-2H3. The molecule has 2 aromatic heterocycles. The summed E-state index contributed by atoms with van der Waals surface area (Å²) < 4.78 is 0. The van der Waals surface area contributed by atoms with Crippen LogP contribution in [0.5, 0.6) is 0 Å². The molecule has 2 unspecified atom stereocenters. The van der Waals surface area contributed by atoms with Crippen molar-refractivity contribution in [3.8, 4) is 11.4 Å². The third-order valence-corrected chi connectivity index (χ3v) is 5.54. The van der Waals surface area contributed by atoms with Crippen LogP contribution >= 0.6 is 0 Å². The van der Waals surface area contributed by atoms with Crippen molar-refractivity contribution in [2.45, 2.75) is 50.7 Å². The summed E-state index contributed by atoms with van der Waals surface area (Å²) in [6.45, 7) is 2.15. The lowest BCUT2D eigenvalue weighted by atomic mass is 9.87. The predicted molar refractivity (Wildman–Crippen MR) is 97.7 cm³/mol. The van der Waals surface area contributed by atoms with Gasteiger partial charge in [0, 0.05) is 31.0 Å². The number of carbonyl (C=O) groups is 1. The Labute approximate surface area is 147 Å². The molecule has 1 fully saturated rings. The van der Waals surface area contributed by atoms with Crippen LogP contribution in [0.15, 0.2) is 30.7 Å². The summed E-state index contributed by atoms with van der Waals surface area (Å²) in [4.78, 5) is 29.7. The van der Waals surface area contributed by atoms with Crippen molar-refractivity contribution in [2.75, 3.05) is 16.8 Å². The largest absolute Gasteiger partial charge is 0.359 e. The zero-order chi connectivity index (χ0) is 17.4. The molecule has 2 aromatic rings. The second-order valence-corrected chi connectivity index (χ2v) is 6.84. The SMILES string of the molecule is CCC1C(C=O)N(C)c2cnc(-c3ccncc3)nc2N1C1CCC1. The summed E-state index contributed by atoms with van der Waals surface area (Å²) in [7, 11) is 1.97. The van der Waals surface area contributed by atoms with E-state index in [1.165, 1.54) is 19.3 Å². The van der Waals surface area contributed by atoms with Gasteiger partial charge in [0.2, 0.25) is 0 Å². The minimum atomic E-state index is -0.159. The molecule has 25 heavy (non-hydrogen) atoms. The Bertz CT molecular complexity index is 762. The molecule has 6 heteroatoms. The minimum absolute atomic E-state index is 0.153. The Kier molecular flexibility index (Phi) is 4.11. The summed E-state index contributed by atoms with van der Waals surface area (Å²) in [5.41, 5.74) is 1.89. The molecule has 3 heterocycles. The molecule has 2 aliphatic rings. The number of hydrogen-bond acceptors (Lipinski definition) is 6. The molecule has 0 aromatic carbocycles. The smallest absolute Gasteiger partial charge is 0.161 e. The molecule has 0 N–H and O–H groups in total. The first-order valence-electron chi connectivity index (χ1n) is 8.98. The number of likely N-dealkylation sites (N-methyl/N-ethyl adjacent to an activating group) is 1. The molecule has 130 valence electrons. The second-order valence-electron chi connectivity index (χ2n) is 6.84. The van der Waals surface area contributed by atoms with Crippen LogP contribution < -0.4 is 9.80 Å². The maximum absolute atomic E-state index is 11.8. The van der Waals surface area contributed by atoms with Crippen molar-refractivity contribution in [3.05, 3.63) is 30.7 Å². The topological polar surface area (TPSA) is 62.2 Å². The summed E-state index contributed by atoms with van der Waals surface area (Å²) >= 11 is 0. The zero-order valence-electron chi connectivity index (χ0n) is 14.7. The van der Waals surface area contributed by atoms with Crippen molar-refractivity contribution in [1.29, 1.82) is 0 Å². The van der Waals surface area contributed by atoms with Gasteiger partial charge in [-0.25, -0.2) is 9.97 Å². The number of rotatable bonds is 4. The minimum Gasteiger partial charge on any atom is -0.359 e. The Morgan fingerprint density at radius 2 is 2.04 bits per heavy atom. The zero-order valence-corrected chi connectivity index (χ0v) is 14.7. The third kappa shape index (κ3) is 2.56. The van der Waals surface area contributed by atoms with Gasteiger partial charge in [-0.1, -0.05) is 6.92 Å². The van der Waals surface area contributed by atoms with Crippen LogP contribution in [-0.2, 0) is 4.79 Å². The van der Waals surface area contributed by atoms with Gasteiger partial charge < -0.3 is 14.6 Å². The monoisotopic (exact) mass is 337 g/mol. The van der Waals surface area contributed by atoms with Gasteiger partial charge in [-0.05, 0) is 37.8 Å². The lowest BCUT2D eigenvalue weighted by Crippen LogP contribution is -2.60. The fourth-order valence-electron chi connectivity index (χ4n) is 3.91. The number of nitrogens with zero attached hydrogens (tertiary/aromatic N) is 5. The number of fused-ring (bicyclic) bond motifs is 1. The molecular weight excluding hydrogens is 314 g/mol. The van der Waals surface area contributed by atoms with E-state index in [1.54, 1.807) is 12.4 Å². The second kappa shape index (κ2) is 6.43. The highest BCUT2D eigenvalue weighted by atomic mass is 16.1. The molecule has 0 amide bonds. The van der Waals surface area contributed by atoms with Gasteiger partial charge in [-0.2, -0.15) is 0 Å². The van der Waals surface area contributed by atoms with Crippen molar-refractivity contribution < 1.29 is 4.79 Å². The number of carbonyl (C=O) groups excluding carboxylic acids is 1. The first kappa shape index (κ1) is 16.0. The van der Waals surface area contributed by atoms with E-state index in [2.05, 4.69) is 21.8 Å².